The summed E-state index contributed by atoms with van der Waals surface area (Å²) in [5, 5.41) is 9.18. The highest BCUT2D eigenvalue weighted by Crippen LogP contribution is 2.18. The Hall–Kier alpha value is -1.00. The molecular weight excluding hydrogens is 242 g/mol. The minimum Gasteiger partial charge on any atom is -0.314 e. The zero-order chi connectivity index (χ0) is 12.8. The normalized spacial score (nSPS) is 11.2. The molecule has 1 aromatic carbocycles. The third-order valence-electron chi connectivity index (χ3n) is 2.94. The van der Waals surface area contributed by atoms with E-state index in [2.05, 4.69) is 41.2 Å². The Balaban J connectivity index is 2.16. The lowest BCUT2D eigenvalue weighted by Gasteiger charge is -2.02. The van der Waals surface area contributed by atoms with Crippen molar-refractivity contribution < 1.29 is 0 Å². The smallest absolute Gasteiger partial charge is 0.0841 e. The standard InChI is InChI=1S/C14H21N3S/c1-3-18-10-6-9-17-14-8-5-4-7-12(14)13(16-17)11-15-2/h4-5,7-8,15H,3,6,9-11H2,1-2H3. The summed E-state index contributed by atoms with van der Waals surface area (Å²) in [7, 11) is 1.96. The predicted octanol–water partition coefficient (Wildman–Crippen LogP) is 2.90. The van der Waals surface area contributed by atoms with Crippen molar-refractivity contribution in [2.45, 2.75) is 26.4 Å². The first-order valence-corrected chi connectivity index (χ1v) is 7.69. The number of thioether (sulfide) groups is 1. The zero-order valence-corrected chi connectivity index (χ0v) is 12.0. The Morgan fingerprint density at radius 3 is 2.94 bits per heavy atom. The Kier molecular flexibility index (Phi) is 5.08. The number of aryl methyl sites for hydroxylation is 1. The number of benzene rings is 1. The van der Waals surface area contributed by atoms with Crippen LogP contribution in [0.4, 0.5) is 0 Å². The lowest BCUT2D eigenvalue weighted by Crippen LogP contribution is -2.07. The molecule has 0 bridgehead atoms. The predicted molar refractivity (Wildman–Crippen MR) is 80.1 cm³/mol. The molecule has 0 saturated heterocycles. The fourth-order valence-electron chi connectivity index (χ4n) is 2.13. The number of hydrogen-bond donors (Lipinski definition) is 1. The molecule has 0 aliphatic rings. The quantitative estimate of drug-likeness (QED) is 0.779. The van der Waals surface area contributed by atoms with Gasteiger partial charge in [-0.25, -0.2) is 0 Å². The zero-order valence-electron chi connectivity index (χ0n) is 11.1. The first-order valence-electron chi connectivity index (χ1n) is 6.53. The van der Waals surface area contributed by atoms with Gasteiger partial charge in [-0.2, -0.15) is 16.9 Å². The van der Waals surface area contributed by atoms with Crippen molar-refractivity contribution in [2.24, 2.45) is 0 Å². The van der Waals surface area contributed by atoms with Gasteiger partial charge in [-0.15, -0.1) is 0 Å². The average molecular weight is 263 g/mol. The lowest BCUT2D eigenvalue weighted by atomic mass is 10.2. The number of aromatic nitrogens is 2. The maximum absolute atomic E-state index is 4.72. The second-order valence-corrected chi connectivity index (χ2v) is 5.66. The highest BCUT2D eigenvalue weighted by molar-refractivity contribution is 7.99. The largest absolute Gasteiger partial charge is 0.314 e. The summed E-state index contributed by atoms with van der Waals surface area (Å²) in [5.74, 6) is 2.41. The molecule has 0 amide bonds. The van der Waals surface area contributed by atoms with Crippen LogP contribution in [0.2, 0.25) is 0 Å². The first kappa shape index (κ1) is 13.4. The van der Waals surface area contributed by atoms with E-state index in [-0.39, 0.29) is 0 Å². The van der Waals surface area contributed by atoms with Crippen LogP contribution in [-0.4, -0.2) is 28.3 Å². The molecule has 1 heterocycles. The molecular formula is C14H21N3S. The summed E-state index contributed by atoms with van der Waals surface area (Å²) < 4.78 is 2.15. The topological polar surface area (TPSA) is 29.9 Å². The second kappa shape index (κ2) is 6.81. The van der Waals surface area contributed by atoms with Crippen molar-refractivity contribution in [2.75, 3.05) is 18.6 Å². The van der Waals surface area contributed by atoms with Crippen molar-refractivity contribution in [1.29, 1.82) is 0 Å². The molecule has 0 aliphatic heterocycles. The Labute approximate surface area is 113 Å². The van der Waals surface area contributed by atoms with Crippen LogP contribution >= 0.6 is 11.8 Å². The molecule has 0 spiro atoms. The van der Waals surface area contributed by atoms with Gasteiger partial charge in [0.2, 0.25) is 0 Å². The Bertz CT molecular complexity index is 493. The molecule has 0 radical (unpaired) electrons. The minimum absolute atomic E-state index is 0.831. The fraction of sp³-hybridized carbons (Fsp3) is 0.500. The fourth-order valence-corrected chi connectivity index (χ4v) is 2.75. The van der Waals surface area contributed by atoms with Crippen molar-refractivity contribution in [1.82, 2.24) is 15.1 Å². The van der Waals surface area contributed by atoms with Gasteiger partial charge in [0.25, 0.3) is 0 Å². The number of para-hydroxylation sites is 1. The highest BCUT2D eigenvalue weighted by Gasteiger charge is 2.08. The number of fused-ring (bicyclic) bond motifs is 1. The molecule has 0 atom stereocenters. The maximum Gasteiger partial charge on any atom is 0.0841 e. The molecule has 1 N–H and O–H groups in total. The lowest BCUT2D eigenvalue weighted by molar-refractivity contribution is 0.609. The van der Waals surface area contributed by atoms with Gasteiger partial charge in [-0.05, 0) is 31.0 Å². The highest BCUT2D eigenvalue weighted by atomic mass is 32.2. The van der Waals surface area contributed by atoms with E-state index in [1.165, 1.54) is 28.8 Å². The third-order valence-corrected chi connectivity index (χ3v) is 3.93. The number of hydrogen-bond acceptors (Lipinski definition) is 3. The van der Waals surface area contributed by atoms with Crippen LogP contribution in [0.5, 0.6) is 0 Å². The van der Waals surface area contributed by atoms with Crippen molar-refractivity contribution in [3.05, 3.63) is 30.0 Å². The van der Waals surface area contributed by atoms with Crippen molar-refractivity contribution in [3.8, 4) is 0 Å². The summed E-state index contributed by atoms with van der Waals surface area (Å²) in [5.41, 5.74) is 2.40. The Morgan fingerprint density at radius 2 is 2.17 bits per heavy atom. The van der Waals surface area contributed by atoms with E-state index in [4.69, 9.17) is 5.10 Å². The molecule has 0 saturated carbocycles. The SMILES string of the molecule is CCSCCCn1nc(CNC)c2ccccc21. The van der Waals surface area contributed by atoms with E-state index in [0.717, 1.165) is 18.8 Å². The number of rotatable bonds is 7. The summed E-state index contributed by atoms with van der Waals surface area (Å²) in [6.07, 6.45) is 1.18. The molecule has 3 nitrogen and oxygen atoms in total. The van der Waals surface area contributed by atoms with Gasteiger partial charge in [-0.1, -0.05) is 25.1 Å². The van der Waals surface area contributed by atoms with Gasteiger partial charge >= 0.3 is 0 Å². The van der Waals surface area contributed by atoms with Crippen LogP contribution in [0, 0.1) is 0 Å². The van der Waals surface area contributed by atoms with Crippen molar-refractivity contribution in [3.63, 3.8) is 0 Å². The minimum atomic E-state index is 0.831. The summed E-state index contributed by atoms with van der Waals surface area (Å²) >= 11 is 2.00. The van der Waals surface area contributed by atoms with Gasteiger partial charge in [0.05, 0.1) is 11.2 Å². The van der Waals surface area contributed by atoms with Crippen LogP contribution in [0.3, 0.4) is 0 Å². The van der Waals surface area contributed by atoms with Gasteiger partial charge in [0.15, 0.2) is 0 Å². The molecule has 4 heteroatoms. The summed E-state index contributed by atoms with van der Waals surface area (Å²) in [4.78, 5) is 0. The monoisotopic (exact) mass is 263 g/mol. The van der Waals surface area contributed by atoms with Crippen molar-refractivity contribution >= 4 is 22.7 Å². The van der Waals surface area contributed by atoms with E-state index in [9.17, 15) is 0 Å². The van der Waals surface area contributed by atoms with Gasteiger partial charge < -0.3 is 5.32 Å². The number of nitrogens with zero attached hydrogens (tertiary/aromatic N) is 2. The second-order valence-electron chi connectivity index (χ2n) is 4.27. The van der Waals surface area contributed by atoms with E-state index >= 15 is 0 Å². The molecule has 18 heavy (non-hydrogen) atoms. The molecule has 0 aliphatic carbocycles. The van der Waals surface area contributed by atoms with E-state index in [0.29, 0.717) is 0 Å². The molecule has 98 valence electrons. The molecule has 2 aromatic rings. The Morgan fingerprint density at radius 1 is 1.33 bits per heavy atom. The van der Waals surface area contributed by atoms with E-state index in [1.54, 1.807) is 0 Å². The summed E-state index contributed by atoms with van der Waals surface area (Å²) in [6, 6.07) is 8.49. The molecule has 0 fully saturated rings. The summed E-state index contributed by atoms with van der Waals surface area (Å²) in [6.45, 7) is 4.05. The van der Waals surface area contributed by atoms with E-state index < -0.39 is 0 Å². The molecule has 2 rings (SSSR count). The van der Waals surface area contributed by atoms with Crippen LogP contribution in [0.1, 0.15) is 19.0 Å². The van der Waals surface area contributed by atoms with Gasteiger partial charge in [0, 0.05) is 18.5 Å². The van der Waals surface area contributed by atoms with E-state index in [1.807, 2.05) is 18.8 Å². The van der Waals surface area contributed by atoms with Crippen LogP contribution < -0.4 is 5.32 Å². The molecule has 1 aromatic heterocycles. The van der Waals surface area contributed by atoms with Gasteiger partial charge in [-0.3, -0.25) is 4.68 Å². The van der Waals surface area contributed by atoms with Crippen LogP contribution in [0.15, 0.2) is 24.3 Å². The molecule has 0 unspecified atom stereocenters. The van der Waals surface area contributed by atoms with Crippen LogP contribution in [0.25, 0.3) is 10.9 Å². The average Bonchev–Trinajstić information content (AvgIpc) is 2.74. The third kappa shape index (κ3) is 3.06. The van der Waals surface area contributed by atoms with Crippen LogP contribution in [-0.2, 0) is 13.1 Å². The van der Waals surface area contributed by atoms with Gasteiger partial charge in [0.1, 0.15) is 0 Å². The first-order chi connectivity index (χ1) is 8.86. The number of nitrogens with one attached hydrogen (secondary N) is 1. The maximum atomic E-state index is 4.72.